The van der Waals surface area contributed by atoms with E-state index in [-0.39, 0.29) is 7.43 Å². The summed E-state index contributed by atoms with van der Waals surface area (Å²) in [4.78, 5) is 0. The Labute approximate surface area is 222 Å². The Kier molecular flexibility index (Phi) is 11.9. The molecule has 0 saturated heterocycles. The molecule has 0 unspecified atom stereocenters. The second-order valence-corrected chi connectivity index (χ2v) is 10.2. The van der Waals surface area contributed by atoms with Crippen molar-refractivity contribution in [3.05, 3.63) is 128 Å². The quantitative estimate of drug-likeness (QED) is 0.254. The Morgan fingerprint density at radius 1 is 0.361 bits per heavy atom. The van der Waals surface area contributed by atoms with E-state index in [2.05, 4.69) is 143 Å². The molecular formula is C36H48. The fourth-order valence-corrected chi connectivity index (χ4v) is 3.97. The molecule has 0 N–H and O–H groups in total. The Morgan fingerprint density at radius 2 is 0.806 bits per heavy atom. The van der Waals surface area contributed by atoms with E-state index in [9.17, 15) is 0 Å². The van der Waals surface area contributed by atoms with Crippen LogP contribution in [0.3, 0.4) is 0 Å². The van der Waals surface area contributed by atoms with Crippen LogP contribution in [0.5, 0.6) is 0 Å². The van der Waals surface area contributed by atoms with Crippen LogP contribution in [0.25, 0.3) is 11.1 Å². The highest BCUT2D eigenvalue weighted by atomic mass is 14.1. The Morgan fingerprint density at radius 3 is 1.25 bits per heavy atom. The van der Waals surface area contributed by atoms with Crippen LogP contribution in [0.2, 0.25) is 0 Å². The molecule has 0 heteroatoms. The van der Waals surface area contributed by atoms with Gasteiger partial charge in [-0.25, -0.2) is 0 Å². The Balaban J connectivity index is 0.000000282. The van der Waals surface area contributed by atoms with Gasteiger partial charge in [-0.3, -0.25) is 0 Å². The van der Waals surface area contributed by atoms with Gasteiger partial charge in [-0.05, 0) is 143 Å². The van der Waals surface area contributed by atoms with Gasteiger partial charge in [0, 0.05) is 0 Å². The lowest BCUT2D eigenvalue weighted by Gasteiger charge is -2.10. The van der Waals surface area contributed by atoms with Gasteiger partial charge >= 0.3 is 0 Å². The summed E-state index contributed by atoms with van der Waals surface area (Å²) in [5, 5.41) is 0. The van der Waals surface area contributed by atoms with Gasteiger partial charge in [-0.2, -0.15) is 0 Å². The van der Waals surface area contributed by atoms with Gasteiger partial charge in [0.15, 0.2) is 0 Å². The van der Waals surface area contributed by atoms with Crippen molar-refractivity contribution in [3.8, 4) is 11.1 Å². The molecule has 0 heterocycles. The lowest BCUT2D eigenvalue weighted by Crippen LogP contribution is -1.88. The van der Waals surface area contributed by atoms with E-state index in [1.807, 2.05) is 0 Å². The van der Waals surface area contributed by atoms with Crippen LogP contribution >= 0.6 is 0 Å². The highest BCUT2D eigenvalue weighted by Gasteiger charge is 2.04. The first-order chi connectivity index (χ1) is 16.4. The van der Waals surface area contributed by atoms with Crippen molar-refractivity contribution >= 4 is 0 Å². The van der Waals surface area contributed by atoms with Crippen molar-refractivity contribution in [1.82, 2.24) is 0 Å². The second kappa shape index (κ2) is 13.8. The Hall–Kier alpha value is -3.12. The summed E-state index contributed by atoms with van der Waals surface area (Å²) in [6, 6.07) is 24.2. The first kappa shape index (κ1) is 30.9. The standard InChI is InChI=1S/C16H18.C10H14.C9H12.CH4/c1-11-8-9-15(10-13(11)3)16-7-5-6-12(2)14(16)4;1-7-5-9(3)10(4)6-8(7)2;1-7-4-5-8(2)9(3)6-7;/h5-10H,1-4H3;5-6H,1-4H3;4-6H,1-3H3;1H4. The van der Waals surface area contributed by atoms with Crippen LogP contribution < -0.4 is 0 Å². The SMILES string of the molecule is C.Cc1cc(C)c(C)cc1C.Cc1ccc(-c2cccc(C)c2C)cc1C.Cc1ccc(C)c(C)c1. The smallest absolute Gasteiger partial charge is 0.0152 e. The predicted molar refractivity (Wildman–Crippen MR) is 164 cm³/mol. The van der Waals surface area contributed by atoms with Crippen LogP contribution in [0.15, 0.2) is 66.7 Å². The Bertz CT molecular complexity index is 1240. The van der Waals surface area contributed by atoms with E-state index in [1.54, 1.807) is 0 Å². The molecule has 0 aromatic heterocycles. The average Bonchev–Trinajstić information content (AvgIpc) is 2.80. The minimum absolute atomic E-state index is 0. The van der Waals surface area contributed by atoms with Crippen LogP contribution in [0.4, 0.5) is 0 Å². The van der Waals surface area contributed by atoms with Crippen LogP contribution in [0.1, 0.15) is 68.6 Å². The molecule has 4 rings (SSSR count). The summed E-state index contributed by atoms with van der Waals surface area (Å²) >= 11 is 0. The zero-order chi connectivity index (χ0) is 26.3. The monoisotopic (exact) mass is 480 g/mol. The van der Waals surface area contributed by atoms with Crippen molar-refractivity contribution in [2.45, 2.75) is 83.6 Å². The number of benzene rings is 4. The maximum Gasteiger partial charge on any atom is -0.0152 e. The lowest BCUT2D eigenvalue weighted by molar-refractivity contribution is 1.24. The van der Waals surface area contributed by atoms with Crippen LogP contribution in [-0.2, 0) is 0 Å². The molecule has 0 fully saturated rings. The van der Waals surface area contributed by atoms with E-state index < -0.39 is 0 Å². The highest BCUT2D eigenvalue weighted by Crippen LogP contribution is 2.27. The van der Waals surface area contributed by atoms with Gasteiger partial charge in [-0.15, -0.1) is 0 Å². The highest BCUT2D eigenvalue weighted by molar-refractivity contribution is 5.69. The third kappa shape index (κ3) is 8.52. The minimum atomic E-state index is 0. The largest absolute Gasteiger partial charge is 0.0776 e. The molecular weight excluding hydrogens is 432 g/mol. The normalized spacial score (nSPS) is 9.86. The molecule has 0 aliphatic rings. The summed E-state index contributed by atoms with van der Waals surface area (Å²) in [5.74, 6) is 0. The maximum absolute atomic E-state index is 2.27. The number of hydrogen-bond donors (Lipinski definition) is 0. The van der Waals surface area contributed by atoms with E-state index >= 15 is 0 Å². The molecule has 0 spiro atoms. The van der Waals surface area contributed by atoms with Gasteiger partial charge in [0.05, 0.1) is 0 Å². The van der Waals surface area contributed by atoms with Gasteiger partial charge in [0.25, 0.3) is 0 Å². The topological polar surface area (TPSA) is 0 Å². The van der Waals surface area contributed by atoms with Crippen molar-refractivity contribution in [2.75, 3.05) is 0 Å². The van der Waals surface area contributed by atoms with Gasteiger partial charge < -0.3 is 0 Å². The van der Waals surface area contributed by atoms with Gasteiger partial charge in [0.2, 0.25) is 0 Å². The number of rotatable bonds is 1. The van der Waals surface area contributed by atoms with E-state index in [4.69, 9.17) is 0 Å². The summed E-state index contributed by atoms with van der Waals surface area (Å²) in [6.45, 7) is 23.7. The van der Waals surface area contributed by atoms with Crippen LogP contribution in [0, 0.1) is 76.2 Å². The molecule has 0 nitrogen and oxygen atoms in total. The van der Waals surface area contributed by atoms with E-state index in [1.165, 1.54) is 72.3 Å². The molecule has 0 atom stereocenters. The molecule has 0 saturated carbocycles. The third-order valence-corrected chi connectivity index (χ3v) is 7.19. The van der Waals surface area contributed by atoms with Gasteiger partial charge in [-0.1, -0.05) is 79.7 Å². The summed E-state index contributed by atoms with van der Waals surface area (Å²) in [7, 11) is 0. The molecule has 0 amide bonds. The summed E-state index contributed by atoms with van der Waals surface area (Å²) in [5.41, 5.74) is 17.8. The van der Waals surface area contributed by atoms with Gasteiger partial charge in [0.1, 0.15) is 0 Å². The molecule has 4 aromatic carbocycles. The predicted octanol–water partition coefficient (Wildman–Crippen LogP) is 10.8. The molecule has 0 aliphatic heterocycles. The van der Waals surface area contributed by atoms with Crippen LogP contribution in [-0.4, -0.2) is 0 Å². The zero-order valence-electron chi connectivity index (χ0n) is 23.9. The van der Waals surface area contributed by atoms with Crippen molar-refractivity contribution in [3.63, 3.8) is 0 Å². The maximum atomic E-state index is 2.27. The average molecular weight is 481 g/mol. The molecule has 0 aliphatic carbocycles. The fourth-order valence-electron chi connectivity index (χ4n) is 3.97. The minimum Gasteiger partial charge on any atom is -0.0776 e. The fraction of sp³-hybridized carbons (Fsp3) is 0.333. The molecule has 192 valence electrons. The lowest BCUT2D eigenvalue weighted by atomic mass is 9.95. The van der Waals surface area contributed by atoms with Crippen molar-refractivity contribution in [1.29, 1.82) is 0 Å². The first-order valence-corrected chi connectivity index (χ1v) is 12.6. The van der Waals surface area contributed by atoms with E-state index in [0.717, 1.165) is 0 Å². The van der Waals surface area contributed by atoms with Crippen molar-refractivity contribution in [2.24, 2.45) is 0 Å². The summed E-state index contributed by atoms with van der Waals surface area (Å²) in [6.07, 6.45) is 0. The summed E-state index contributed by atoms with van der Waals surface area (Å²) < 4.78 is 0. The number of hydrogen-bond acceptors (Lipinski definition) is 0. The van der Waals surface area contributed by atoms with Crippen molar-refractivity contribution < 1.29 is 0 Å². The number of aryl methyl sites for hydroxylation is 10. The zero-order valence-corrected chi connectivity index (χ0v) is 23.9. The molecule has 0 radical (unpaired) electrons. The second-order valence-electron chi connectivity index (χ2n) is 10.2. The first-order valence-electron chi connectivity index (χ1n) is 12.6. The van der Waals surface area contributed by atoms with E-state index in [0.29, 0.717) is 0 Å². The molecule has 4 aromatic rings. The third-order valence-electron chi connectivity index (χ3n) is 7.19. The molecule has 0 bridgehead atoms. The molecule has 36 heavy (non-hydrogen) atoms.